The topological polar surface area (TPSA) is 175 Å². The summed E-state index contributed by atoms with van der Waals surface area (Å²) in [4.78, 5) is 69.7. The smallest absolute Gasteiger partial charge is 0.318 e. The third-order valence-electron chi connectivity index (χ3n) is 7.06. The molecule has 252 valence electrons. The van der Waals surface area contributed by atoms with Crippen LogP contribution in [-0.2, 0) is 45.3 Å². The van der Waals surface area contributed by atoms with E-state index in [2.05, 4.69) is 0 Å². The van der Waals surface area contributed by atoms with Gasteiger partial charge in [0.05, 0.1) is 6.42 Å². The lowest BCUT2D eigenvalue weighted by molar-refractivity contribution is -0.139. The molecule has 4 aromatic rings. The first-order chi connectivity index (χ1) is 23.1. The van der Waals surface area contributed by atoms with Crippen molar-refractivity contribution in [2.45, 2.75) is 51.3 Å². The van der Waals surface area contributed by atoms with E-state index in [0.29, 0.717) is 27.8 Å². The maximum Gasteiger partial charge on any atom is 0.318 e. The Morgan fingerprint density at radius 2 is 0.939 bits per heavy atom. The second-order valence-corrected chi connectivity index (χ2v) is 12.8. The highest BCUT2D eigenvalue weighted by Crippen LogP contribution is 2.41. The third kappa shape index (κ3) is 10.2. The average molecular weight is 685 g/mol. The monoisotopic (exact) mass is 684 g/mol. The zero-order valence-electron chi connectivity index (χ0n) is 26.8. The summed E-state index contributed by atoms with van der Waals surface area (Å²) in [5.41, 5.74) is 2.66. The Morgan fingerprint density at radius 3 is 1.33 bits per heavy atom. The van der Waals surface area contributed by atoms with Crippen LogP contribution in [0.1, 0.15) is 45.6 Å². The Kier molecular flexibility index (Phi) is 11.5. The lowest BCUT2D eigenvalue weighted by Gasteiger charge is -2.17. The fraction of sp³-hybridized carbons (Fsp3) is 0.189. The molecule has 12 heteroatoms. The van der Waals surface area contributed by atoms with Gasteiger partial charge < -0.3 is 9.47 Å². The standard InChI is InChI=1S/C37H32O11S/c1-22(38)16-30(41)19-25-4-6-27(7-5-25)33-20-29(26-8-12-31(13-9-26)47-35(42)17-23(2)39)21-34(37(33)49(44,45)46)28-10-14-32(15-11-28)48-36(43)18-24(3)40/h4-15,20-21H,16-19H2,1-3H3,(H,44,45,46). The summed E-state index contributed by atoms with van der Waals surface area (Å²) >= 11 is 0. The summed E-state index contributed by atoms with van der Waals surface area (Å²) in [7, 11) is -4.87. The molecule has 0 amide bonds. The summed E-state index contributed by atoms with van der Waals surface area (Å²) in [5, 5.41) is 0. The van der Waals surface area contributed by atoms with Gasteiger partial charge in [0.2, 0.25) is 0 Å². The second kappa shape index (κ2) is 15.5. The summed E-state index contributed by atoms with van der Waals surface area (Å²) < 4.78 is 47.0. The largest absolute Gasteiger partial charge is 0.426 e. The molecule has 1 N–H and O–H groups in total. The molecular formula is C37H32O11S. The zero-order chi connectivity index (χ0) is 35.9. The van der Waals surface area contributed by atoms with Gasteiger partial charge >= 0.3 is 11.9 Å². The predicted molar refractivity (Wildman–Crippen MR) is 178 cm³/mol. The molecule has 0 heterocycles. The number of rotatable bonds is 14. The maximum absolute atomic E-state index is 13.0. The molecule has 11 nitrogen and oxygen atoms in total. The van der Waals surface area contributed by atoms with E-state index >= 15 is 0 Å². The molecule has 0 fully saturated rings. The van der Waals surface area contributed by atoms with E-state index in [0.717, 1.165) is 0 Å². The van der Waals surface area contributed by atoms with Crippen molar-refractivity contribution in [2.75, 3.05) is 0 Å². The summed E-state index contributed by atoms with van der Waals surface area (Å²) in [6.07, 6.45) is -1.01. The minimum Gasteiger partial charge on any atom is -0.426 e. The number of esters is 2. The van der Waals surface area contributed by atoms with Crippen molar-refractivity contribution < 1.29 is 51.2 Å². The fourth-order valence-electron chi connectivity index (χ4n) is 5.03. The number of carbonyl (C=O) groups excluding carboxylic acids is 6. The summed E-state index contributed by atoms with van der Waals surface area (Å²) in [6, 6.07) is 21.7. The van der Waals surface area contributed by atoms with E-state index in [1.165, 1.54) is 57.2 Å². The lowest BCUT2D eigenvalue weighted by Crippen LogP contribution is -2.11. The van der Waals surface area contributed by atoms with Gasteiger partial charge in [-0.2, -0.15) is 8.42 Å². The van der Waals surface area contributed by atoms with E-state index in [1.54, 1.807) is 48.5 Å². The molecule has 0 aliphatic carbocycles. The Bertz CT molecular complexity index is 1950. The first-order valence-corrected chi connectivity index (χ1v) is 16.4. The van der Waals surface area contributed by atoms with Gasteiger partial charge in [-0.15, -0.1) is 0 Å². The van der Waals surface area contributed by atoms with Crippen molar-refractivity contribution >= 4 is 45.2 Å². The molecule has 0 aliphatic rings. The normalized spacial score (nSPS) is 11.0. The van der Waals surface area contributed by atoms with Gasteiger partial charge in [0.1, 0.15) is 52.4 Å². The van der Waals surface area contributed by atoms with E-state index < -0.39 is 33.4 Å². The van der Waals surface area contributed by atoms with Crippen LogP contribution in [0.4, 0.5) is 0 Å². The van der Waals surface area contributed by atoms with Crippen molar-refractivity contribution in [1.82, 2.24) is 0 Å². The van der Waals surface area contributed by atoms with Crippen LogP contribution in [0, 0.1) is 0 Å². The first kappa shape index (κ1) is 36.2. The molecule has 0 spiro atoms. The Labute approximate surface area is 282 Å². The molecule has 0 atom stereocenters. The van der Waals surface area contributed by atoms with Gasteiger partial charge in [0.15, 0.2) is 0 Å². The molecule has 0 unspecified atom stereocenters. The molecule has 0 aromatic heterocycles. The molecule has 0 radical (unpaired) electrons. The van der Waals surface area contributed by atoms with E-state index in [9.17, 15) is 41.7 Å². The highest BCUT2D eigenvalue weighted by atomic mass is 32.2. The Hall–Kier alpha value is -5.59. The molecule has 49 heavy (non-hydrogen) atoms. The number of hydrogen-bond donors (Lipinski definition) is 1. The van der Waals surface area contributed by atoms with Crippen molar-refractivity contribution in [3.8, 4) is 44.9 Å². The maximum atomic E-state index is 13.0. The highest BCUT2D eigenvalue weighted by molar-refractivity contribution is 7.86. The number of carbonyl (C=O) groups is 6. The predicted octanol–water partition coefficient (Wildman–Crippen LogP) is 5.79. The van der Waals surface area contributed by atoms with Crippen LogP contribution in [0.15, 0.2) is 89.8 Å². The van der Waals surface area contributed by atoms with Gasteiger partial charge in [-0.05, 0) is 85.0 Å². The number of ether oxygens (including phenoxy) is 2. The highest BCUT2D eigenvalue weighted by Gasteiger charge is 2.25. The van der Waals surface area contributed by atoms with Crippen LogP contribution in [-0.4, -0.2) is 48.0 Å². The van der Waals surface area contributed by atoms with Crippen LogP contribution in [0.25, 0.3) is 33.4 Å². The summed E-state index contributed by atoms with van der Waals surface area (Å²) in [6.45, 7) is 3.85. The number of Topliss-reactive ketones (excluding diaryl/α,β-unsaturated/α-hetero) is 4. The summed E-state index contributed by atoms with van der Waals surface area (Å²) in [5.74, 6) is -2.42. The van der Waals surface area contributed by atoms with Crippen LogP contribution in [0.2, 0.25) is 0 Å². The van der Waals surface area contributed by atoms with Gasteiger partial charge in [0.25, 0.3) is 10.1 Å². The molecular weight excluding hydrogens is 652 g/mol. The number of hydrogen-bond acceptors (Lipinski definition) is 10. The van der Waals surface area contributed by atoms with Crippen molar-refractivity contribution in [3.05, 3.63) is 90.5 Å². The van der Waals surface area contributed by atoms with Crippen LogP contribution >= 0.6 is 0 Å². The van der Waals surface area contributed by atoms with Crippen LogP contribution < -0.4 is 9.47 Å². The molecule has 0 bridgehead atoms. The Balaban J connectivity index is 1.83. The molecule has 0 aliphatic heterocycles. The quantitative estimate of drug-likeness (QED) is 0.0736. The zero-order valence-corrected chi connectivity index (χ0v) is 27.7. The third-order valence-corrected chi connectivity index (χ3v) is 8.02. The molecule has 0 saturated carbocycles. The molecule has 0 saturated heterocycles. The average Bonchev–Trinajstić information content (AvgIpc) is 3.00. The number of ketones is 4. The number of benzene rings is 4. The van der Waals surface area contributed by atoms with Gasteiger partial charge in [-0.25, -0.2) is 0 Å². The van der Waals surface area contributed by atoms with Crippen molar-refractivity contribution in [1.29, 1.82) is 0 Å². The van der Waals surface area contributed by atoms with Crippen molar-refractivity contribution in [3.63, 3.8) is 0 Å². The van der Waals surface area contributed by atoms with Crippen LogP contribution in [0.3, 0.4) is 0 Å². The molecule has 4 aromatic carbocycles. The van der Waals surface area contributed by atoms with Gasteiger partial charge in [-0.3, -0.25) is 33.3 Å². The van der Waals surface area contributed by atoms with E-state index in [4.69, 9.17) is 9.47 Å². The first-order valence-electron chi connectivity index (χ1n) is 15.0. The van der Waals surface area contributed by atoms with Gasteiger partial charge in [0, 0.05) is 17.5 Å². The minimum atomic E-state index is -4.87. The van der Waals surface area contributed by atoms with E-state index in [1.807, 2.05) is 0 Å². The fourth-order valence-corrected chi connectivity index (χ4v) is 5.94. The Morgan fingerprint density at radius 1 is 0.551 bits per heavy atom. The van der Waals surface area contributed by atoms with Gasteiger partial charge in [-0.1, -0.05) is 48.5 Å². The SMILES string of the molecule is CC(=O)CC(=O)Cc1ccc(-c2cc(-c3ccc(OC(=O)CC(C)=O)cc3)cc(-c3ccc(OC(=O)CC(C)=O)cc3)c2S(=O)(=O)O)cc1. The van der Waals surface area contributed by atoms with Crippen LogP contribution in [0.5, 0.6) is 11.5 Å². The van der Waals surface area contributed by atoms with Crippen molar-refractivity contribution in [2.24, 2.45) is 0 Å². The van der Waals surface area contributed by atoms with E-state index in [-0.39, 0.29) is 65.0 Å². The second-order valence-electron chi connectivity index (χ2n) is 11.4. The minimum absolute atomic E-state index is 0.00296. The lowest BCUT2D eigenvalue weighted by atomic mass is 9.92. The molecule has 4 rings (SSSR count).